The first-order valence-corrected chi connectivity index (χ1v) is 5.69. The van der Waals surface area contributed by atoms with Gasteiger partial charge < -0.3 is 20.7 Å². The number of fused-ring (bicyclic) bond motifs is 1. The Kier molecular flexibility index (Phi) is 3.08. The maximum Gasteiger partial charge on any atom is 0.161 e. The molecule has 1 aromatic carbocycles. The normalized spacial score (nSPS) is 17.9. The fourth-order valence-corrected chi connectivity index (χ4v) is 2.17. The topological polar surface area (TPSA) is 65.1 Å². The molecule has 1 aliphatic rings. The second-order valence-electron chi connectivity index (χ2n) is 4.30. The fourth-order valence-electron chi connectivity index (χ4n) is 2.17. The molecule has 3 N–H and O–H groups in total. The van der Waals surface area contributed by atoms with Crippen LogP contribution < -0.4 is 15.5 Å². The molecule has 0 aliphatic carbocycles. The number of nitrogens with zero attached hydrogens (tertiary/aromatic N) is 3. The van der Waals surface area contributed by atoms with E-state index in [1.807, 2.05) is 19.1 Å². The van der Waals surface area contributed by atoms with Crippen LogP contribution in [0, 0.1) is 0 Å². The van der Waals surface area contributed by atoms with Gasteiger partial charge in [0.25, 0.3) is 0 Å². The van der Waals surface area contributed by atoms with Crippen LogP contribution in [0.25, 0.3) is 0 Å². The van der Waals surface area contributed by atoms with E-state index in [1.165, 1.54) is 5.69 Å². The van der Waals surface area contributed by atoms with Gasteiger partial charge in [-0.15, -0.1) is 0 Å². The lowest BCUT2D eigenvalue weighted by atomic mass is 10.1. The van der Waals surface area contributed by atoms with Crippen LogP contribution in [-0.4, -0.2) is 37.2 Å². The van der Waals surface area contributed by atoms with E-state index in [0.717, 1.165) is 18.8 Å². The summed E-state index contributed by atoms with van der Waals surface area (Å²) in [4.78, 5) is 4.37. The number of nitrogens with two attached hydrogens (primary N) is 1. The third kappa shape index (κ3) is 2.00. The number of oxime groups is 1. The van der Waals surface area contributed by atoms with Crippen molar-refractivity contribution in [1.82, 2.24) is 0 Å². The highest BCUT2D eigenvalue weighted by molar-refractivity contribution is 5.89. The summed E-state index contributed by atoms with van der Waals surface area (Å²) in [6.45, 7) is 3.74. The van der Waals surface area contributed by atoms with Crippen LogP contribution in [-0.2, 0) is 0 Å². The molecular weight excluding hydrogens is 216 g/mol. The lowest BCUT2D eigenvalue weighted by molar-refractivity contribution is 0.316. The lowest BCUT2D eigenvalue weighted by Crippen LogP contribution is -2.49. The van der Waals surface area contributed by atoms with Crippen LogP contribution in [0.2, 0.25) is 0 Å². The number of rotatable bonds is 2. The van der Waals surface area contributed by atoms with Gasteiger partial charge in [0.05, 0.1) is 17.4 Å². The predicted molar refractivity (Wildman–Crippen MR) is 69.9 cm³/mol. The minimum Gasteiger partial charge on any atom is -0.409 e. The molecule has 5 nitrogen and oxygen atoms in total. The number of hydrogen-bond donors (Lipinski definition) is 2. The van der Waals surface area contributed by atoms with Crippen LogP contribution >= 0.6 is 0 Å². The number of amidine groups is 1. The zero-order chi connectivity index (χ0) is 12.4. The molecule has 0 radical (unpaired) electrons. The Morgan fingerprint density at radius 1 is 1.35 bits per heavy atom. The van der Waals surface area contributed by atoms with Crippen LogP contribution in [0.1, 0.15) is 6.92 Å². The summed E-state index contributed by atoms with van der Waals surface area (Å²) in [5.74, 6) is 0.240. The zero-order valence-electron chi connectivity index (χ0n) is 10.2. The second-order valence-corrected chi connectivity index (χ2v) is 4.30. The first-order chi connectivity index (χ1) is 8.15. The largest absolute Gasteiger partial charge is 0.409 e. The standard InChI is InChI=1S/C12H18N4O/c1-9(12(13)14-17)16-8-7-15(2)10-5-3-4-6-11(10)16/h3-6,9,17H,7-8H2,1-2H3,(H2,13,14). The molecule has 0 saturated heterocycles. The van der Waals surface area contributed by atoms with E-state index in [1.54, 1.807) is 0 Å². The molecule has 0 aromatic heterocycles. The van der Waals surface area contributed by atoms with Gasteiger partial charge in [0.1, 0.15) is 0 Å². The van der Waals surface area contributed by atoms with Gasteiger partial charge in [0.2, 0.25) is 0 Å². The molecule has 1 heterocycles. The van der Waals surface area contributed by atoms with Gasteiger partial charge in [-0.05, 0) is 19.1 Å². The number of likely N-dealkylation sites (N-methyl/N-ethyl adjacent to an activating group) is 1. The summed E-state index contributed by atoms with van der Waals surface area (Å²) in [6.07, 6.45) is 0. The van der Waals surface area contributed by atoms with Crippen molar-refractivity contribution in [2.75, 3.05) is 29.9 Å². The van der Waals surface area contributed by atoms with Crippen LogP contribution in [0.3, 0.4) is 0 Å². The van der Waals surface area contributed by atoms with Crippen molar-refractivity contribution in [3.63, 3.8) is 0 Å². The van der Waals surface area contributed by atoms with Crippen molar-refractivity contribution in [2.45, 2.75) is 13.0 Å². The monoisotopic (exact) mass is 234 g/mol. The van der Waals surface area contributed by atoms with Crippen LogP contribution in [0.4, 0.5) is 11.4 Å². The van der Waals surface area contributed by atoms with Gasteiger partial charge in [-0.25, -0.2) is 0 Å². The maximum atomic E-state index is 8.76. The zero-order valence-corrected chi connectivity index (χ0v) is 10.2. The van der Waals surface area contributed by atoms with Crippen molar-refractivity contribution < 1.29 is 5.21 Å². The van der Waals surface area contributed by atoms with Crippen molar-refractivity contribution >= 4 is 17.2 Å². The molecule has 1 atom stereocenters. The van der Waals surface area contributed by atoms with Gasteiger partial charge in [-0.3, -0.25) is 0 Å². The Hall–Kier alpha value is -1.91. The van der Waals surface area contributed by atoms with E-state index in [4.69, 9.17) is 10.9 Å². The highest BCUT2D eigenvalue weighted by Gasteiger charge is 2.25. The smallest absolute Gasteiger partial charge is 0.161 e. The molecule has 0 fully saturated rings. The number of hydrogen-bond acceptors (Lipinski definition) is 4. The molecule has 1 unspecified atom stereocenters. The first-order valence-electron chi connectivity index (χ1n) is 5.69. The summed E-state index contributed by atoms with van der Waals surface area (Å²) in [5.41, 5.74) is 7.99. The van der Waals surface area contributed by atoms with Gasteiger partial charge in [-0.2, -0.15) is 0 Å². The summed E-state index contributed by atoms with van der Waals surface area (Å²) >= 11 is 0. The average molecular weight is 234 g/mol. The molecular formula is C12H18N4O. The fraction of sp³-hybridized carbons (Fsp3) is 0.417. The Morgan fingerprint density at radius 3 is 2.65 bits per heavy atom. The number of anilines is 2. The third-order valence-corrected chi connectivity index (χ3v) is 3.29. The highest BCUT2D eigenvalue weighted by Crippen LogP contribution is 2.32. The van der Waals surface area contributed by atoms with E-state index in [0.29, 0.717) is 0 Å². The van der Waals surface area contributed by atoms with Crippen molar-refractivity contribution in [3.8, 4) is 0 Å². The Bertz CT molecular complexity index is 432. The SMILES string of the molecule is CC(C(N)=NO)N1CCN(C)c2ccccc21. The van der Waals surface area contributed by atoms with Crippen molar-refractivity contribution in [3.05, 3.63) is 24.3 Å². The van der Waals surface area contributed by atoms with E-state index in [-0.39, 0.29) is 11.9 Å². The highest BCUT2D eigenvalue weighted by atomic mass is 16.4. The quantitative estimate of drug-likeness (QED) is 0.348. The van der Waals surface area contributed by atoms with E-state index < -0.39 is 0 Å². The van der Waals surface area contributed by atoms with Crippen LogP contribution in [0.15, 0.2) is 29.4 Å². The molecule has 0 spiro atoms. The molecule has 0 saturated carbocycles. The van der Waals surface area contributed by atoms with Gasteiger partial charge in [0.15, 0.2) is 5.84 Å². The Balaban J connectivity index is 2.36. The van der Waals surface area contributed by atoms with E-state index in [2.05, 4.69) is 34.1 Å². The summed E-state index contributed by atoms with van der Waals surface area (Å²) < 4.78 is 0. The molecule has 92 valence electrons. The lowest BCUT2D eigenvalue weighted by Gasteiger charge is -2.39. The summed E-state index contributed by atoms with van der Waals surface area (Å²) in [6, 6.07) is 8.07. The van der Waals surface area contributed by atoms with Crippen molar-refractivity contribution in [2.24, 2.45) is 10.9 Å². The molecule has 1 aliphatic heterocycles. The number of benzene rings is 1. The Morgan fingerprint density at radius 2 is 2.00 bits per heavy atom. The summed E-state index contributed by atoms with van der Waals surface area (Å²) in [7, 11) is 2.07. The minimum absolute atomic E-state index is 0.102. The van der Waals surface area contributed by atoms with E-state index in [9.17, 15) is 0 Å². The molecule has 5 heteroatoms. The molecule has 0 bridgehead atoms. The van der Waals surface area contributed by atoms with Gasteiger partial charge >= 0.3 is 0 Å². The van der Waals surface area contributed by atoms with Gasteiger partial charge in [0, 0.05) is 20.1 Å². The molecule has 0 amide bonds. The second kappa shape index (κ2) is 4.53. The Labute approximate surface area is 101 Å². The first kappa shape index (κ1) is 11.6. The van der Waals surface area contributed by atoms with Crippen molar-refractivity contribution in [1.29, 1.82) is 0 Å². The maximum absolute atomic E-state index is 8.76. The minimum atomic E-state index is -0.102. The molecule has 2 rings (SSSR count). The number of para-hydroxylation sites is 2. The van der Waals surface area contributed by atoms with Crippen LogP contribution in [0.5, 0.6) is 0 Å². The molecule has 1 aromatic rings. The molecule has 17 heavy (non-hydrogen) atoms. The predicted octanol–water partition coefficient (Wildman–Crippen LogP) is 1.08. The third-order valence-electron chi connectivity index (χ3n) is 3.29. The average Bonchev–Trinajstić information content (AvgIpc) is 2.38. The van der Waals surface area contributed by atoms with E-state index >= 15 is 0 Å². The summed E-state index contributed by atoms with van der Waals surface area (Å²) in [5, 5.41) is 11.9. The van der Waals surface area contributed by atoms with Gasteiger partial charge in [-0.1, -0.05) is 17.3 Å².